The fraction of sp³-hybridized carbons (Fsp3) is 0.118. The minimum absolute atomic E-state index is 0.323. The third-order valence-electron chi connectivity index (χ3n) is 3.61. The van der Waals surface area contributed by atoms with Crippen molar-refractivity contribution in [1.29, 1.82) is 0 Å². The molecular weight excluding hydrogens is 306 g/mol. The van der Waals surface area contributed by atoms with Crippen molar-refractivity contribution in [2.45, 2.75) is 6.04 Å². The number of amides is 2. The number of benzene rings is 1. The van der Waals surface area contributed by atoms with Crippen molar-refractivity contribution in [3.05, 3.63) is 72.2 Å². The number of rotatable bonds is 5. The minimum atomic E-state index is -0.822. The first-order valence-electron chi connectivity index (χ1n) is 7.42. The summed E-state index contributed by atoms with van der Waals surface area (Å²) < 4.78 is 1.70. The third-order valence-corrected chi connectivity index (χ3v) is 3.61. The number of anilines is 1. The molecule has 0 aliphatic rings. The second-order valence-electron chi connectivity index (χ2n) is 5.28. The highest BCUT2D eigenvalue weighted by atomic mass is 16.2. The molecule has 0 bridgehead atoms. The van der Waals surface area contributed by atoms with Crippen LogP contribution in [0.4, 0.5) is 5.82 Å². The van der Waals surface area contributed by atoms with Crippen molar-refractivity contribution in [2.75, 3.05) is 5.32 Å². The maximum atomic E-state index is 12.6. The van der Waals surface area contributed by atoms with Gasteiger partial charge in [-0.1, -0.05) is 30.3 Å². The maximum absolute atomic E-state index is 12.6. The van der Waals surface area contributed by atoms with Crippen LogP contribution in [0.1, 0.15) is 22.1 Å². The predicted octanol–water partition coefficient (Wildman–Crippen LogP) is 1.86. The molecule has 0 aliphatic carbocycles. The second kappa shape index (κ2) is 6.82. The number of carbonyl (C=O) groups is 2. The molecule has 2 amide bonds. The van der Waals surface area contributed by atoms with Gasteiger partial charge in [0, 0.05) is 19.3 Å². The van der Waals surface area contributed by atoms with E-state index in [0.717, 1.165) is 0 Å². The van der Waals surface area contributed by atoms with Gasteiger partial charge in [0.25, 0.3) is 11.8 Å². The van der Waals surface area contributed by atoms with Gasteiger partial charge in [-0.2, -0.15) is 5.10 Å². The molecule has 2 aromatic heterocycles. The van der Waals surface area contributed by atoms with E-state index in [0.29, 0.717) is 17.1 Å². The SMILES string of the molecule is Cn1cccc1C(=O)N[C@@H](C(=O)Nc1ccn[nH]1)c1ccccc1. The Kier molecular flexibility index (Phi) is 4.42. The summed E-state index contributed by atoms with van der Waals surface area (Å²) in [6.07, 6.45) is 3.31. The lowest BCUT2D eigenvalue weighted by Gasteiger charge is -2.18. The standard InChI is InChI=1S/C17H17N5O2/c1-22-11-5-8-13(22)16(23)20-15(12-6-3-2-4-7-12)17(24)19-14-9-10-18-21-14/h2-11,15H,1H3,(H,20,23)(H2,18,19,21,24)/t15-/m1/s1. The summed E-state index contributed by atoms with van der Waals surface area (Å²) >= 11 is 0. The lowest BCUT2D eigenvalue weighted by Crippen LogP contribution is -2.37. The predicted molar refractivity (Wildman–Crippen MR) is 89.3 cm³/mol. The van der Waals surface area contributed by atoms with Crippen LogP contribution in [0.15, 0.2) is 60.9 Å². The highest BCUT2D eigenvalue weighted by molar-refractivity contribution is 6.00. The summed E-state index contributed by atoms with van der Waals surface area (Å²) in [6.45, 7) is 0. The zero-order valence-electron chi connectivity index (χ0n) is 13.1. The van der Waals surface area contributed by atoms with Crippen LogP contribution in [0.25, 0.3) is 0 Å². The Morgan fingerprint density at radius 1 is 1.12 bits per heavy atom. The molecule has 0 saturated carbocycles. The monoisotopic (exact) mass is 323 g/mol. The minimum Gasteiger partial charge on any atom is -0.347 e. The molecule has 0 saturated heterocycles. The molecule has 0 unspecified atom stereocenters. The Hall–Kier alpha value is -3.35. The van der Waals surface area contributed by atoms with E-state index in [4.69, 9.17) is 0 Å². The molecule has 7 nitrogen and oxygen atoms in total. The van der Waals surface area contributed by atoms with Crippen molar-refractivity contribution in [2.24, 2.45) is 7.05 Å². The number of aryl methyl sites for hydroxylation is 1. The van der Waals surface area contributed by atoms with E-state index in [1.807, 2.05) is 18.2 Å². The summed E-state index contributed by atoms with van der Waals surface area (Å²) in [6, 6.07) is 13.4. The Balaban J connectivity index is 1.84. The number of hydrogen-bond acceptors (Lipinski definition) is 3. The second-order valence-corrected chi connectivity index (χ2v) is 5.28. The number of nitrogens with zero attached hydrogens (tertiary/aromatic N) is 2. The van der Waals surface area contributed by atoms with Gasteiger partial charge in [-0.3, -0.25) is 14.7 Å². The van der Waals surface area contributed by atoms with Gasteiger partial charge in [0.15, 0.2) is 0 Å². The zero-order valence-corrected chi connectivity index (χ0v) is 13.1. The van der Waals surface area contributed by atoms with E-state index in [9.17, 15) is 9.59 Å². The van der Waals surface area contributed by atoms with Gasteiger partial charge in [0.2, 0.25) is 0 Å². The maximum Gasteiger partial charge on any atom is 0.268 e. The van der Waals surface area contributed by atoms with E-state index in [-0.39, 0.29) is 11.8 Å². The number of H-pyrrole nitrogens is 1. The molecule has 0 spiro atoms. The summed E-state index contributed by atoms with van der Waals surface area (Å²) in [5.41, 5.74) is 1.17. The average molecular weight is 323 g/mol. The smallest absolute Gasteiger partial charge is 0.268 e. The first-order chi connectivity index (χ1) is 11.6. The van der Waals surface area contributed by atoms with Crippen molar-refractivity contribution < 1.29 is 9.59 Å². The first-order valence-corrected chi connectivity index (χ1v) is 7.42. The van der Waals surface area contributed by atoms with Crippen molar-refractivity contribution in [1.82, 2.24) is 20.1 Å². The van der Waals surface area contributed by atoms with E-state index in [2.05, 4.69) is 20.8 Å². The van der Waals surface area contributed by atoms with Gasteiger partial charge in [0.1, 0.15) is 17.6 Å². The molecule has 3 aromatic rings. The molecule has 2 heterocycles. The van der Waals surface area contributed by atoms with Crippen LogP contribution >= 0.6 is 0 Å². The normalized spacial score (nSPS) is 11.7. The highest BCUT2D eigenvalue weighted by Crippen LogP contribution is 2.16. The van der Waals surface area contributed by atoms with E-state index in [1.165, 1.54) is 6.20 Å². The fourth-order valence-corrected chi connectivity index (χ4v) is 2.38. The van der Waals surface area contributed by atoms with Crippen LogP contribution in [0.3, 0.4) is 0 Å². The molecule has 0 fully saturated rings. The van der Waals surface area contributed by atoms with Gasteiger partial charge in [0.05, 0.1) is 6.20 Å². The van der Waals surface area contributed by atoms with E-state index >= 15 is 0 Å². The largest absolute Gasteiger partial charge is 0.347 e. The Morgan fingerprint density at radius 3 is 2.54 bits per heavy atom. The van der Waals surface area contributed by atoms with Gasteiger partial charge in [-0.25, -0.2) is 0 Å². The third kappa shape index (κ3) is 3.35. The van der Waals surface area contributed by atoms with Crippen LogP contribution < -0.4 is 10.6 Å². The molecule has 1 atom stereocenters. The molecule has 7 heteroatoms. The number of nitrogens with one attached hydrogen (secondary N) is 3. The lowest BCUT2D eigenvalue weighted by molar-refractivity contribution is -0.118. The summed E-state index contributed by atoms with van der Waals surface area (Å²) in [5.74, 6) is -0.210. The highest BCUT2D eigenvalue weighted by Gasteiger charge is 2.24. The summed E-state index contributed by atoms with van der Waals surface area (Å²) in [7, 11) is 1.77. The molecule has 3 N–H and O–H groups in total. The van der Waals surface area contributed by atoms with E-state index < -0.39 is 6.04 Å². The van der Waals surface area contributed by atoms with Crippen molar-refractivity contribution in [3.63, 3.8) is 0 Å². The van der Waals surface area contributed by atoms with Crippen LogP contribution in [-0.2, 0) is 11.8 Å². The Labute approximate surface area is 138 Å². The number of carbonyl (C=O) groups excluding carboxylic acids is 2. The molecule has 122 valence electrons. The Morgan fingerprint density at radius 2 is 1.92 bits per heavy atom. The zero-order chi connectivity index (χ0) is 16.9. The lowest BCUT2D eigenvalue weighted by atomic mass is 10.1. The van der Waals surface area contributed by atoms with Crippen molar-refractivity contribution >= 4 is 17.6 Å². The van der Waals surface area contributed by atoms with Crippen LogP contribution in [0.2, 0.25) is 0 Å². The Bertz CT molecular complexity index is 824. The average Bonchev–Trinajstić information content (AvgIpc) is 3.24. The van der Waals surface area contributed by atoms with Gasteiger partial charge in [-0.15, -0.1) is 0 Å². The topological polar surface area (TPSA) is 91.8 Å². The van der Waals surface area contributed by atoms with E-state index in [1.54, 1.807) is 48.1 Å². The van der Waals surface area contributed by atoms with Crippen LogP contribution in [-0.4, -0.2) is 26.6 Å². The van der Waals surface area contributed by atoms with Gasteiger partial charge < -0.3 is 15.2 Å². The summed E-state index contributed by atoms with van der Waals surface area (Å²) in [4.78, 5) is 25.1. The first kappa shape index (κ1) is 15.5. The number of aromatic nitrogens is 3. The van der Waals surface area contributed by atoms with Gasteiger partial charge >= 0.3 is 0 Å². The van der Waals surface area contributed by atoms with Crippen LogP contribution in [0, 0.1) is 0 Å². The molecule has 3 rings (SSSR count). The fourth-order valence-electron chi connectivity index (χ4n) is 2.38. The molecule has 0 radical (unpaired) electrons. The van der Waals surface area contributed by atoms with Crippen LogP contribution in [0.5, 0.6) is 0 Å². The van der Waals surface area contributed by atoms with Crippen molar-refractivity contribution in [3.8, 4) is 0 Å². The molecule has 1 aromatic carbocycles. The molecular formula is C17H17N5O2. The van der Waals surface area contributed by atoms with Gasteiger partial charge in [-0.05, 0) is 17.7 Å². The molecule has 24 heavy (non-hydrogen) atoms. The molecule has 0 aliphatic heterocycles. The quantitative estimate of drug-likeness (QED) is 0.669. The number of aromatic amines is 1. The summed E-state index contributed by atoms with van der Waals surface area (Å²) in [5, 5.41) is 11.9. The number of hydrogen-bond donors (Lipinski definition) is 3.